The molecular weight excluding hydrogens is 457 g/mol. The molecule has 1 aliphatic rings. The first-order valence-electron chi connectivity index (χ1n) is 10.8. The van der Waals surface area contributed by atoms with Gasteiger partial charge in [0.25, 0.3) is 0 Å². The van der Waals surface area contributed by atoms with Crippen molar-refractivity contribution in [3.05, 3.63) is 108 Å². The molecule has 4 nitrogen and oxygen atoms in total. The van der Waals surface area contributed by atoms with Crippen molar-refractivity contribution in [3.8, 4) is 5.75 Å². The fourth-order valence-electron chi connectivity index (χ4n) is 4.49. The van der Waals surface area contributed by atoms with E-state index >= 15 is 0 Å². The standard InChI is InChI=1S/C27H23Cl2NO3/c1-16-21-12-20-14-30(13-19-8-9-23(28)24(29)11-19)15-32-25(20)17(2)26(21)33-27(31)22(16)10-18-6-4-3-5-7-18/h3-9,11-12H,10,13-15H2,1-2H3. The van der Waals surface area contributed by atoms with Crippen LogP contribution < -0.4 is 10.4 Å². The fourth-order valence-corrected chi connectivity index (χ4v) is 4.82. The van der Waals surface area contributed by atoms with Crippen molar-refractivity contribution in [1.82, 2.24) is 4.90 Å². The molecule has 0 N–H and O–H groups in total. The molecule has 0 amide bonds. The van der Waals surface area contributed by atoms with E-state index in [-0.39, 0.29) is 5.63 Å². The molecule has 5 rings (SSSR count). The predicted molar refractivity (Wildman–Crippen MR) is 132 cm³/mol. The van der Waals surface area contributed by atoms with Gasteiger partial charge in [0.15, 0.2) is 0 Å². The highest BCUT2D eigenvalue weighted by Gasteiger charge is 2.24. The van der Waals surface area contributed by atoms with Crippen molar-refractivity contribution in [1.29, 1.82) is 0 Å². The third kappa shape index (κ3) is 4.26. The van der Waals surface area contributed by atoms with Gasteiger partial charge in [-0.2, -0.15) is 0 Å². The number of hydrogen-bond acceptors (Lipinski definition) is 4. The molecule has 0 fully saturated rings. The second kappa shape index (κ2) is 8.86. The molecule has 4 aromatic rings. The Morgan fingerprint density at radius 1 is 0.939 bits per heavy atom. The maximum atomic E-state index is 12.8. The molecule has 0 radical (unpaired) electrons. The summed E-state index contributed by atoms with van der Waals surface area (Å²) in [5.41, 5.74) is 6.06. The molecule has 0 saturated carbocycles. The Balaban J connectivity index is 1.50. The van der Waals surface area contributed by atoms with Crippen LogP contribution in [0.5, 0.6) is 5.75 Å². The zero-order chi connectivity index (χ0) is 23.1. The fraction of sp³-hybridized carbons (Fsp3) is 0.222. The van der Waals surface area contributed by atoms with Crippen molar-refractivity contribution >= 4 is 34.2 Å². The molecule has 0 atom stereocenters. The van der Waals surface area contributed by atoms with Gasteiger partial charge in [0.2, 0.25) is 0 Å². The number of hydrogen-bond donors (Lipinski definition) is 0. The Hall–Kier alpha value is -2.79. The normalized spacial score (nSPS) is 13.7. The summed E-state index contributed by atoms with van der Waals surface area (Å²) >= 11 is 12.2. The van der Waals surface area contributed by atoms with Crippen LogP contribution in [0.2, 0.25) is 10.0 Å². The zero-order valence-electron chi connectivity index (χ0n) is 18.5. The van der Waals surface area contributed by atoms with Crippen LogP contribution in [0.1, 0.15) is 33.4 Å². The van der Waals surface area contributed by atoms with Crippen molar-refractivity contribution in [3.63, 3.8) is 0 Å². The summed E-state index contributed by atoms with van der Waals surface area (Å²) in [6.07, 6.45) is 0.543. The van der Waals surface area contributed by atoms with E-state index in [9.17, 15) is 4.79 Å². The topological polar surface area (TPSA) is 42.7 Å². The van der Waals surface area contributed by atoms with Gasteiger partial charge in [0.1, 0.15) is 18.1 Å². The third-order valence-electron chi connectivity index (χ3n) is 6.23. The molecule has 168 valence electrons. The molecular formula is C27H23Cl2NO3. The molecule has 0 aliphatic carbocycles. The van der Waals surface area contributed by atoms with Crippen molar-refractivity contribution in [2.45, 2.75) is 33.4 Å². The highest BCUT2D eigenvalue weighted by atomic mass is 35.5. The summed E-state index contributed by atoms with van der Waals surface area (Å²) < 4.78 is 11.9. The first kappa shape index (κ1) is 22.0. The molecule has 6 heteroatoms. The van der Waals surface area contributed by atoms with E-state index in [1.54, 1.807) is 0 Å². The van der Waals surface area contributed by atoms with E-state index in [0.29, 0.717) is 40.9 Å². The first-order valence-corrected chi connectivity index (χ1v) is 11.6. The lowest BCUT2D eigenvalue weighted by atomic mass is 9.96. The number of halogens is 2. The Morgan fingerprint density at radius 3 is 2.48 bits per heavy atom. The quantitative estimate of drug-likeness (QED) is 0.307. The second-order valence-corrected chi connectivity index (χ2v) is 9.35. The van der Waals surface area contributed by atoms with Crippen LogP contribution in [0.15, 0.2) is 63.8 Å². The van der Waals surface area contributed by atoms with Crippen LogP contribution in [-0.2, 0) is 19.5 Å². The van der Waals surface area contributed by atoms with Crippen LogP contribution in [-0.4, -0.2) is 11.6 Å². The number of fused-ring (bicyclic) bond motifs is 2. The van der Waals surface area contributed by atoms with Gasteiger partial charge in [0.05, 0.1) is 10.0 Å². The molecule has 2 heterocycles. The molecule has 0 spiro atoms. The van der Waals surface area contributed by atoms with Crippen LogP contribution >= 0.6 is 23.2 Å². The molecule has 0 unspecified atom stereocenters. The lowest BCUT2D eigenvalue weighted by molar-refractivity contribution is 0.0881. The average molecular weight is 480 g/mol. The van der Waals surface area contributed by atoms with Crippen LogP contribution in [0, 0.1) is 13.8 Å². The minimum absolute atomic E-state index is 0.288. The van der Waals surface area contributed by atoms with Gasteiger partial charge < -0.3 is 9.15 Å². The minimum atomic E-state index is -0.288. The van der Waals surface area contributed by atoms with E-state index in [1.165, 1.54) is 0 Å². The lowest BCUT2D eigenvalue weighted by Crippen LogP contribution is -2.32. The van der Waals surface area contributed by atoms with Gasteiger partial charge in [-0.25, -0.2) is 4.79 Å². The summed E-state index contributed by atoms with van der Waals surface area (Å²) in [6, 6.07) is 17.8. The number of ether oxygens (including phenoxy) is 1. The molecule has 0 bridgehead atoms. The van der Waals surface area contributed by atoms with E-state index in [0.717, 1.165) is 45.5 Å². The smallest absolute Gasteiger partial charge is 0.340 e. The largest absolute Gasteiger partial charge is 0.477 e. The molecule has 33 heavy (non-hydrogen) atoms. The van der Waals surface area contributed by atoms with E-state index in [1.807, 2.05) is 62.4 Å². The summed E-state index contributed by atoms with van der Waals surface area (Å²) in [7, 11) is 0. The Kier molecular flexibility index (Phi) is 5.92. The predicted octanol–water partition coefficient (Wildman–Crippen LogP) is 6.66. The van der Waals surface area contributed by atoms with Crippen molar-refractivity contribution in [2.75, 3.05) is 6.73 Å². The van der Waals surface area contributed by atoms with Gasteiger partial charge in [-0.05, 0) is 48.7 Å². The Bertz CT molecular complexity index is 1410. The van der Waals surface area contributed by atoms with Crippen molar-refractivity contribution in [2.24, 2.45) is 0 Å². The Morgan fingerprint density at radius 2 is 1.73 bits per heavy atom. The number of aryl methyl sites for hydroxylation is 2. The van der Waals surface area contributed by atoms with Gasteiger partial charge in [-0.3, -0.25) is 4.90 Å². The lowest BCUT2D eigenvalue weighted by Gasteiger charge is -2.30. The van der Waals surface area contributed by atoms with Crippen LogP contribution in [0.4, 0.5) is 0 Å². The first-order chi connectivity index (χ1) is 15.9. The molecule has 0 saturated heterocycles. The van der Waals surface area contributed by atoms with Crippen LogP contribution in [0.3, 0.4) is 0 Å². The van der Waals surface area contributed by atoms with Gasteiger partial charge in [-0.1, -0.05) is 59.6 Å². The monoisotopic (exact) mass is 479 g/mol. The zero-order valence-corrected chi connectivity index (χ0v) is 20.0. The van der Waals surface area contributed by atoms with Gasteiger partial charge in [-0.15, -0.1) is 0 Å². The maximum absolute atomic E-state index is 12.8. The third-order valence-corrected chi connectivity index (χ3v) is 6.97. The summed E-state index contributed by atoms with van der Waals surface area (Å²) in [5, 5.41) is 2.05. The van der Waals surface area contributed by atoms with Crippen LogP contribution in [0.25, 0.3) is 11.0 Å². The highest BCUT2D eigenvalue weighted by Crippen LogP contribution is 2.37. The summed E-state index contributed by atoms with van der Waals surface area (Å²) in [4.78, 5) is 15.1. The molecule has 3 aromatic carbocycles. The van der Waals surface area contributed by atoms with Gasteiger partial charge >= 0.3 is 5.63 Å². The molecule has 1 aromatic heterocycles. The average Bonchev–Trinajstić information content (AvgIpc) is 2.81. The number of benzene rings is 3. The van der Waals surface area contributed by atoms with E-state index in [2.05, 4.69) is 11.0 Å². The SMILES string of the molecule is Cc1c(Cc2ccccc2)c(=O)oc2c(C)c3c(cc12)CN(Cc1ccc(Cl)c(Cl)c1)CO3. The van der Waals surface area contributed by atoms with Gasteiger partial charge in [0, 0.05) is 41.6 Å². The van der Waals surface area contributed by atoms with Crippen molar-refractivity contribution < 1.29 is 9.15 Å². The van der Waals surface area contributed by atoms with E-state index < -0.39 is 0 Å². The second-order valence-electron chi connectivity index (χ2n) is 8.53. The summed E-state index contributed by atoms with van der Waals surface area (Å²) in [6.45, 7) is 5.80. The number of nitrogens with zero attached hydrogens (tertiary/aromatic N) is 1. The number of rotatable bonds is 4. The highest BCUT2D eigenvalue weighted by molar-refractivity contribution is 6.42. The van der Waals surface area contributed by atoms with E-state index in [4.69, 9.17) is 32.4 Å². The minimum Gasteiger partial charge on any atom is -0.477 e. The molecule has 1 aliphatic heterocycles. The summed E-state index contributed by atoms with van der Waals surface area (Å²) in [5.74, 6) is 0.797. The Labute approximate surface area is 202 Å². The maximum Gasteiger partial charge on any atom is 0.340 e.